The molecule has 0 spiro atoms. The fraction of sp³-hybridized carbons (Fsp3) is 0.375. The number of hydrogen-bond acceptors (Lipinski definition) is 3. The highest BCUT2D eigenvalue weighted by atomic mass is 16.5. The highest BCUT2D eigenvalue weighted by Gasteiger charge is 2.17. The standard InChI is InChI=1S/C16H18O4/c1-11(16(18)19)15(17)12-7-9-14(10-8-12)20-13-5-3-2-4-6-13/h7-10,13H,1-6H2,(H,18,19). The third kappa shape index (κ3) is 3.47. The molecule has 106 valence electrons. The lowest BCUT2D eigenvalue weighted by molar-refractivity contribution is -0.132. The minimum atomic E-state index is -1.29. The second-order valence-electron chi connectivity index (χ2n) is 5.02. The molecule has 1 aliphatic rings. The third-order valence-corrected chi connectivity index (χ3v) is 3.50. The summed E-state index contributed by atoms with van der Waals surface area (Å²) < 4.78 is 5.85. The van der Waals surface area contributed by atoms with E-state index in [1.165, 1.54) is 19.3 Å². The fourth-order valence-electron chi connectivity index (χ4n) is 2.33. The Labute approximate surface area is 118 Å². The van der Waals surface area contributed by atoms with Crippen molar-refractivity contribution in [2.75, 3.05) is 0 Å². The Hall–Kier alpha value is -2.10. The molecule has 1 aliphatic carbocycles. The van der Waals surface area contributed by atoms with Crippen molar-refractivity contribution in [2.24, 2.45) is 0 Å². The van der Waals surface area contributed by atoms with Gasteiger partial charge in [0.05, 0.1) is 6.10 Å². The van der Waals surface area contributed by atoms with Gasteiger partial charge < -0.3 is 9.84 Å². The zero-order valence-electron chi connectivity index (χ0n) is 11.3. The van der Waals surface area contributed by atoms with Gasteiger partial charge >= 0.3 is 5.97 Å². The largest absolute Gasteiger partial charge is 0.490 e. The maximum Gasteiger partial charge on any atom is 0.339 e. The Balaban J connectivity index is 2.00. The second-order valence-corrected chi connectivity index (χ2v) is 5.02. The van der Waals surface area contributed by atoms with Gasteiger partial charge in [-0.3, -0.25) is 4.79 Å². The summed E-state index contributed by atoms with van der Waals surface area (Å²) in [6.07, 6.45) is 6.04. The Morgan fingerprint density at radius 3 is 2.25 bits per heavy atom. The van der Waals surface area contributed by atoms with Gasteiger partial charge in [-0.2, -0.15) is 0 Å². The zero-order valence-corrected chi connectivity index (χ0v) is 11.3. The van der Waals surface area contributed by atoms with Gasteiger partial charge in [0.15, 0.2) is 5.78 Å². The number of carboxylic acid groups (broad SMARTS) is 1. The Morgan fingerprint density at radius 1 is 1.10 bits per heavy atom. The van der Waals surface area contributed by atoms with Gasteiger partial charge in [0.2, 0.25) is 0 Å². The van der Waals surface area contributed by atoms with Gasteiger partial charge in [-0.15, -0.1) is 0 Å². The fourth-order valence-corrected chi connectivity index (χ4v) is 2.33. The number of ether oxygens (including phenoxy) is 1. The van der Waals surface area contributed by atoms with E-state index in [4.69, 9.17) is 9.84 Å². The van der Waals surface area contributed by atoms with Crippen LogP contribution in [0.5, 0.6) is 5.75 Å². The van der Waals surface area contributed by atoms with Gasteiger partial charge in [-0.1, -0.05) is 13.0 Å². The molecule has 0 aromatic heterocycles. The molecule has 0 saturated heterocycles. The number of aliphatic carboxylic acids is 1. The molecule has 2 rings (SSSR count). The zero-order chi connectivity index (χ0) is 14.5. The van der Waals surface area contributed by atoms with Gasteiger partial charge in [-0.25, -0.2) is 4.79 Å². The van der Waals surface area contributed by atoms with E-state index in [0.717, 1.165) is 18.6 Å². The highest BCUT2D eigenvalue weighted by molar-refractivity contribution is 6.23. The summed E-state index contributed by atoms with van der Waals surface area (Å²) in [6.45, 7) is 3.27. The maximum atomic E-state index is 11.8. The molecular formula is C16H18O4. The summed E-state index contributed by atoms with van der Waals surface area (Å²) in [5.41, 5.74) is -0.112. The van der Waals surface area contributed by atoms with Crippen molar-refractivity contribution < 1.29 is 19.4 Å². The Morgan fingerprint density at radius 2 is 1.70 bits per heavy atom. The monoisotopic (exact) mass is 274 g/mol. The molecular weight excluding hydrogens is 256 g/mol. The summed E-state index contributed by atoms with van der Waals surface area (Å²) in [5, 5.41) is 8.74. The smallest absolute Gasteiger partial charge is 0.339 e. The first-order valence-electron chi connectivity index (χ1n) is 6.81. The summed E-state index contributed by atoms with van der Waals surface area (Å²) in [7, 11) is 0. The summed E-state index contributed by atoms with van der Waals surface area (Å²) in [6, 6.07) is 6.57. The van der Waals surface area contributed by atoms with Crippen molar-refractivity contribution in [2.45, 2.75) is 38.2 Å². The van der Waals surface area contributed by atoms with Gasteiger partial charge in [0, 0.05) is 5.56 Å². The van der Waals surface area contributed by atoms with E-state index >= 15 is 0 Å². The van der Waals surface area contributed by atoms with E-state index in [2.05, 4.69) is 6.58 Å². The van der Waals surface area contributed by atoms with Crippen LogP contribution in [0.4, 0.5) is 0 Å². The lowest BCUT2D eigenvalue weighted by atomic mass is 9.98. The summed E-state index contributed by atoms with van der Waals surface area (Å²) in [4.78, 5) is 22.5. The average molecular weight is 274 g/mol. The number of carbonyl (C=O) groups is 2. The van der Waals surface area contributed by atoms with Gasteiger partial charge in [0.25, 0.3) is 0 Å². The van der Waals surface area contributed by atoms with Crippen LogP contribution in [-0.2, 0) is 4.79 Å². The molecule has 1 fully saturated rings. The minimum Gasteiger partial charge on any atom is -0.490 e. The third-order valence-electron chi connectivity index (χ3n) is 3.50. The van der Waals surface area contributed by atoms with Crippen LogP contribution in [0.15, 0.2) is 36.4 Å². The Bertz CT molecular complexity index is 510. The molecule has 20 heavy (non-hydrogen) atoms. The molecule has 4 nitrogen and oxygen atoms in total. The number of carbonyl (C=O) groups excluding carboxylic acids is 1. The minimum absolute atomic E-state index is 0.249. The van der Waals surface area contributed by atoms with Crippen molar-refractivity contribution in [3.63, 3.8) is 0 Å². The predicted octanol–water partition coefficient (Wildman–Crippen LogP) is 3.22. The van der Waals surface area contributed by atoms with E-state index in [1.807, 2.05) is 0 Å². The molecule has 0 heterocycles. The first-order valence-corrected chi connectivity index (χ1v) is 6.81. The first-order chi connectivity index (χ1) is 9.58. The summed E-state index contributed by atoms with van der Waals surface area (Å²) >= 11 is 0. The quantitative estimate of drug-likeness (QED) is 0.387. The van der Waals surface area contributed by atoms with Crippen molar-refractivity contribution in [3.05, 3.63) is 42.0 Å². The lowest BCUT2D eigenvalue weighted by Gasteiger charge is -2.23. The van der Waals surface area contributed by atoms with Crippen molar-refractivity contribution in [3.8, 4) is 5.75 Å². The topological polar surface area (TPSA) is 63.6 Å². The van der Waals surface area contributed by atoms with E-state index in [1.54, 1.807) is 24.3 Å². The first kappa shape index (κ1) is 14.3. The molecule has 0 atom stereocenters. The number of hydrogen-bond donors (Lipinski definition) is 1. The number of carboxylic acids is 1. The molecule has 0 aliphatic heterocycles. The lowest BCUT2D eigenvalue weighted by Crippen LogP contribution is -2.19. The highest BCUT2D eigenvalue weighted by Crippen LogP contribution is 2.23. The van der Waals surface area contributed by atoms with E-state index < -0.39 is 17.3 Å². The molecule has 4 heteroatoms. The molecule has 1 aromatic rings. The van der Waals surface area contributed by atoms with Crippen LogP contribution in [0.25, 0.3) is 0 Å². The Kier molecular flexibility index (Phi) is 4.56. The van der Waals surface area contributed by atoms with Crippen molar-refractivity contribution in [1.29, 1.82) is 0 Å². The van der Waals surface area contributed by atoms with E-state index in [0.29, 0.717) is 5.56 Å². The number of ketones is 1. The predicted molar refractivity (Wildman–Crippen MR) is 75.0 cm³/mol. The second kappa shape index (κ2) is 6.37. The number of Topliss-reactive ketones (excluding diaryl/α,β-unsaturated/α-hetero) is 1. The molecule has 1 aromatic carbocycles. The van der Waals surface area contributed by atoms with Gasteiger partial charge in [-0.05, 0) is 49.9 Å². The molecule has 0 amide bonds. The molecule has 0 radical (unpaired) electrons. The summed E-state index contributed by atoms with van der Waals surface area (Å²) in [5.74, 6) is -1.14. The van der Waals surface area contributed by atoms with Crippen LogP contribution in [0.1, 0.15) is 42.5 Å². The molecule has 1 saturated carbocycles. The van der Waals surface area contributed by atoms with E-state index in [9.17, 15) is 9.59 Å². The number of benzene rings is 1. The number of rotatable bonds is 5. The van der Waals surface area contributed by atoms with E-state index in [-0.39, 0.29) is 6.10 Å². The van der Waals surface area contributed by atoms with Crippen molar-refractivity contribution >= 4 is 11.8 Å². The normalized spacial score (nSPS) is 15.6. The van der Waals surface area contributed by atoms with Crippen LogP contribution < -0.4 is 4.74 Å². The van der Waals surface area contributed by atoms with Crippen LogP contribution in [-0.4, -0.2) is 23.0 Å². The van der Waals surface area contributed by atoms with Crippen LogP contribution in [0.2, 0.25) is 0 Å². The van der Waals surface area contributed by atoms with Crippen molar-refractivity contribution in [1.82, 2.24) is 0 Å². The molecule has 1 N–H and O–H groups in total. The van der Waals surface area contributed by atoms with Crippen LogP contribution in [0.3, 0.4) is 0 Å². The molecule has 0 unspecified atom stereocenters. The maximum absolute atomic E-state index is 11.8. The van der Waals surface area contributed by atoms with Gasteiger partial charge in [0.1, 0.15) is 11.3 Å². The SMILES string of the molecule is C=C(C(=O)O)C(=O)c1ccc(OC2CCCCC2)cc1. The molecule has 0 bridgehead atoms. The van der Waals surface area contributed by atoms with Crippen LogP contribution in [0, 0.1) is 0 Å². The van der Waals surface area contributed by atoms with Crippen LogP contribution >= 0.6 is 0 Å². The average Bonchev–Trinajstić information content (AvgIpc) is 2.47.